The molecule has 1 N–H and O–H groups in total. The maximum Gasteiger partial charge on any atom is 0.305 e. The van der Waals surface area contributed by atoms with E-state index in [2.05, 4.69) is 6.92 Å². The van der Waals surface area contributed by atoms with Gasteiger partial charge in [-0.05, 0) is 43.1 Å². The van der Waals surface area contributed by atoms with E-state index in [1.54, 1.807) is 13.0 Å². The molecule has 5 nitrogen and oxygen atoms in total. The first kappa shape index (κ1) is 18.9. The minimum Gasteiger partial charge on any atom is -0.462 e. The molecule has 4 rings (SSSR count). The number of carbonyl (C=O) groups is 3. The summed E-state index contributed by atoms with van der Waals surface area (Å²) in [5, 5.41) is 10.6. The van der Waals surface area contributed by atoms with Crippen molar-refractivity contribution in [1.29, 1.82) is 0 Å². The first-order chi connectivity index (χ1) is 12.7. The number of Topliss-reactive ketones (excluding diaryl/α,β-unsaturated/α-hetero) is 1. The molecule has 0 aromatic carbocycles. The Kier molecular flexibility index (Phi) is 4.37. The molecule has 148 valence electrons. The number of fused-ring (bicyclic) bond motifs is 5. The molecule has 0 spiro atoms. The van der Waals surface area contributed by atoms with Crippen LogP contribution >= 0.6 is 0 Å². The Bertz CT molecular complexity index is 724. The average molecular weight is 374 g/mol. The van der Waals surface area contributed by atoms with Gasteiger partial charge in [0.05, 0.1) is 6.10 Å². The highest BCUT2D eigenvalue weighted by Crippen LogP contribution is 2.63. The standard InChI is InChI=1S/C22H30O5/c1-4-18(26)27-13-5-7-21(2)12(9-13)10-15(23)19-14(21)6-8-22(3)17(25)11-16(24)20(19)22/h10,13-14,16,19-20,24H,4-9,11H2,1-3H3/t13-,14-,16+,19-,20-,21-,22+/m0/s1. The zero-order valence-electron chi connectivity index (χ0n) is 16.5. The molecule has 0 aliphatic heterocycles. The molecule has 0 amide bonds. The Hall–Kier alpha value is -1.49. The van der Waals surface area contributed by atoms with Crippen LogP contribution in [0.5, 0.6) is 0 Å². The number of hydrogen-bond donors (Lipinski definition) is 1. The molecule has 0 unspecified atom stereocenters. The van der Waals surface area contributed by atoms with Gasteiger partial charge >= 0.3 is 5.97 Å². The number of aliphatic hydroxyl groups excluding tert-OH is 1. The Balaban J connectivity index is 1.65. The number of rotatable bonds is 2. The van der Waals surface area contributed by atoms with Gasteiger partial charge in [0.25, 0.3) is 0 Å². The highest BCUT2D eigenvalue weighted by atomic mass is 16.5. The Morgan fingerprint density at radius 3 is 2.59 bits per heavy atom. The monoisotopic (exact) mass is 374 g/mol. The summed E-state index contributed by atoms with van der Waals surface area (Å²) in [5.41, 5.74) is 0.419. The molecule has 4 aliphatic carbocycles. The summed E-state index contributed by atoms with van der Waals surface area (Å²) in [6.45, 7) is 5.96. The number of aliphatic hydroxyl groups is 1. The van der Waals surface area contributed by atoms with Crippen molar-refractivity contribution in [2.45, 2.75) is 77.9 Å². The molecule has 0 bridgehead atoms. The van der Waals surface area contributed by atoms with Crippen LogP contribution in [0.25, 0.3) is 0 Å². The number of carbonyl (C=O) groups excluding carboxylic acids is 3. The predicted octanol–water partition coefficient (Wildman–Crippen LogP) is 2.99. The summed E-state index contributed by atoms with van der Waals surface area (Å²) in [4.78, 5) is 37.3. The van der Waals surface area contributed by atoms with Crippen LogP contribution in [0.4, 0.5) is 0 Å². The van der Waals surface area contributed by atoms with Crippen molar-refractivity contribution in [3.05, 3.63) is 11.6 Å². The second-order valence-electron chi connectivity index (χ2n) is 9.51. The van der Waals surface area contributed by atoms with E-state index in [1.807, 2.05) is 6.92 Å². The molecule has 0 radical (unpaired) electrons. The summed E-state index contributed by atoms with van der Waals surface area (Å²) in [5.74, 6) is -0.395. The molecule has 3 saturated carbocycles. The number of esters is 1. The maximum absolute atomic E-state index is 13.1. The number of allylic oxidation sites excluding steroid dienone is 1. The SMILES string of the molecule is CCC(=O)O[C@H]1CC[C@@]2(C)C(=CC(=O)[C@H]3[C@@H]4[C@H](O)CC(=O)[C@@]4(C)CC[C@@H]32)C1. The molecule has 0 aromatic heterocycles. The Labute approximate surface area is 160 Å². The number of hydrogen-bond acceptors (Lipinski definition) is 5. The summed E-state index contributed by atoms with van der Waals surface area (Å²) in [6.07, 6.45) is 5.35. The zero-order chi connectivity index (χ0) is 19.6. The third-order valence-electron chi connectivity index (χ3n) is 8.19. The van der Waals surface area contributed by atoms with Gasteiger partial charge < -0.3 is 9.84 Å². The Morgan fingerprint density at radius 1 is 1.19 bits per heavy atom. The van der Waals surface area contributed by atoms with E-state index in [1.165, 1.54) is 0 Å². The quantitative estimate of drug-likeness (QED) is 0.752. The molecule has 0 saturated heterocycles. The van der Waals surface area contributed by atoms with E-state index in [0.29, 0.717) is 12.8 Å². The summed E-state index contributed by atoms with van der Waals surface area (Å²) >= 11 is 0. The highest BCUT2D eigenvalue weighted by molar-refractivity contribution is 5.97. The number of ketones is 2. The van der Waals surface area contributed by atoms with Crippen molar-refractivity contribution in [3.63, 3.8) is 0 Å². The van der Waals surface area contributed by atoms with Gasteiger partial charge in [-0.2, -0.15) is 0 Å². The second-order valence-corrected chi connectivity index (χ2v) is 9.51. The minimum atomic E-state index is -0.709. The fourth-order valence-electron chi connectivity index (χ4n) is 6.56. The lowest BCUT2D eigenvalue weighted by molar-refractivity contribution is -0.152. The molecule has 0 aromatic rings. The third-order valence-corrected chi connectivity index (χ3v) is 8.19. The topological polar surface area (TPSA) is 80.7 Å². The summed E-state index contributed by atoms with van der Waals surface area (Å²) in [7, 11) is 0. The van der Waals surface area contributed by atoms with Crippen LogP contribution in [0.2, 0.25) is 0 Å². The smallest absolute Gasteiger partial charge is 0.305 e. The second kappa shape index (κ2) is 6.26. The maximum atomic E-state index is 13.1. The van der Waals surface area contributed by atoms with Crippen LogP contribution in [-0.2, 0) is 19.1 Å². The number of ether oxygens (including phenoxy) is 1. The van der Waals surface area contributed by atoms with Gasteiger partial charge in [0, 0.05) is 36.5 Å². The molecular weight excluding hydrogens is 344 g/mol. The van der Waals surface area contributed by atoms with Crippen LogP contribution < -0.4 is 0 Å². The van der Waals surface area contributed by atoms with E-state index in [4.69, 9.17) is 4.74 Å². The van der Waals surface area contributed by atoms with E-state index in [9.17, 15) is 19.5 Å². The third kappa shape index (κ3) is 2.65. The molecule has 3 fully saturated rings. The fourth-order valence-corrected chi connectivity index (χ4v) is 6.56. The molecule has 7 atom stereocenters. The molecule has 5 heteroatoms. The van der Waals surface area contributed by atoms with Crippen molar-refractivity contribution >= 4 is 17.5 Å². The van der Waals surface area contributed by atoms with Crippen molar-refractivity contribution in [3.8, 4) is 0 Å². The van der Waals surface area contributed by atoms with Gasteiger partial charge in [-0.3, -0.25) is 14.4 Å². The van der Waals surface area contributed by atoms with Gasteiger partial charge in [-0.1, -0.05) is 26.3 Å². The first-order valence-corrected chi connectivity index (χ1v) is 10.4. The minimum absolute atomic E-state index is 0.0552. The van der Waals surface area contributed by atoms with Crippen molar-refractivity contribution in [1.82, 2.24) is 0 Å². The Morgan fingerprint density at radius 2 is 1.89 bits per heavy atom. The van der Waals surface area contributed by atoms with Crippen molar-refractivity contribution < 1.29 is 24.2 Å². The molecule has 4 aliphatic rings. The van der Waals surface area contributed by atoms with E-state index < -0.39 is 11.5 Å². The largest absolute Gasteiger partial charge is 0.462 e. The van der Waals surface area contributed by atoms with Crippen molar-refractivity contribution in [2.75, 3.05) is 0 Å². The summed E-state index contributed by atoms with van der Waals surface area (Å²) < 4.78 is 5.55. The van der Waals surface area contributed by atoms with Crippen LogP contribution in [0.15, 0.2) is 11.6 Å². The van der Waals surface area contributed by atoms with Gasteiger partial charge in [0.1, 0.15) is 11.9 Å². The lowest BCUT2D eigenvalue weighted by atomic mass is 9.47. The predicted molar refractivity (Wildman–Crippen MR) is 98.7 cm³/mol. The van der Waals surface area contributed by atoms with E-state index >= 15 is 0 Å². The lowest BCUT2D eigenvalue weighted by Crippen LogP contribution is -2.55. The van der Waals surface area contributed by atoms with Gasteiger partial charge in [0.2, 0.25) is 0 Å². The van der Waals surface area contributed by atoms with Crippen LogP contribution in [0, 0.1) is 28.6 Å². The molecule has 27 heavy (non-hydrogen) atoms. The molecular formula is C22H30O5. The van der Waals surface area contributed by atoms with Gasteiger partial charge in [-0.25, -0.2) is 0 Å². The van der Waals surface area contributed by atoms with Crippen LogP contribution in [0.3, 0.4) is 0 Å². The van der Waals surface area contributed by atoms with Gasteiger partial charge in [0.15, 0.2) is 5.78 Å². The highest BCUT2D eigenvalue weighted by Gasteiger charge is 2.63. The lowest BCUT2D eigenvalue weighted by Gasteiger charge is -2.56. The normalized spacial score (nSPS) is 46.2. The van der Waals surface area contributed by atoms with Crippen molar-refractivity contribution in [2.24, 2.45) is 28.6 Å². The first-order valence-electron chi connectivity index (χ1n) is 10.4. The van der Waals surface area contributed by atoms with Gasteiger partial charge in [-0.15, -0.1) is 0 Å². The average Bonchev–Trinajstić information content (AvgIpc) is 2.85. The van der Waals surface area contributed by atoms with E-state index in [-0.39, 0.29) is 53.2 Å². The zero-order valence-corrected chi connectivity index (χ0v) is 16.5. The molecule has 0 heterocycles. The fraction of sp³-hybridized carbons (Fsp3) is 0.773. The van der Waals surface area contributed by atoms with Crippen LogP contribution in [-0.4, -0.2) is 34.9 Å². The summed E-state index contributed by atoms with van der Waals surface area (Å²) in [6, 6.07) is 0. The van der Waals surface area contributed by atoms with Crippen LogP contribution in [0.1, 0.15) is 65.7 Å². The van der Waals surface area contributed by atoms with E-state index in [0.717, 1.165) is 31.3 Å².